The van der Waals surface area contributed by atoms with Gasteiger partial charge >= 0.3 is 0 Å². The fourth-order valence-electron chi connectivity index (χ4n) is 3.97. The van der Waals surface area contributed by atoms with E-state index in [1.165, 1.54) is 12.0 Å². The number of carbonyl (C=O) groups excluding carboxylic acids is 2. The van der Waals surface area contributed by atoms with Gasteiger partial charge in [-0.3, -0.25) is 18.8 Å². The highest BCUT2D eigenvalue weighted by atomic mass is 35.5. The van der Waals surface area contributed by atoms with E-state index in [1.807, 2.05) is 19.1 Å². The van der Waals surface area contributed by atoms with Gasteiger partial charge in [-0.2, -0.15) is 0 Å². The average Bonchev–Trinajstić information content (AvgIpc) is 2.67. The molecule has 0 aliphatic carbocycles. The predicted octanol–water partition coefficient (Wildman–Crippen LogP) is 4.27. The van der Waals surface area contributed by atoms with Crippen LogP contribution in [0, 0.1) is 0 Å². The molecule has 6 nitrogen and oxygen atoms in total. The van der Waals surface area contributed by atoms with Gasteiger partial charge in [-0.25, -0.2) is 0 Å². The Bertz CT molecular complexity index is 933. The van der Waals surface area contributed by atoms with Crippen molar-refractivity contribution in [1.29, 1.82) is 0 Å². The summed E-state index contributed by atoms with van der Waals surface area (Å²) < 4.78 is 9.90. The third kappa shape index (κ3) is 5.19. The third-order valence-electron chi connectivity index (χ3n) is 5.01. The number of rotatable bonds is 7. The first kappa shape index (κ1) is 23.9. The van der Waals surface area contributed by atoms with Crippen molar-refractivity contribution >= 4 is 34.5 Å². The summed E-state index contributed by atoms with van der Waals surface area (Å²) in [5.74, 6) is 0.219. The number of halogens is 1. The lowest BCUT2D eigenvalue weighted by atomic mass is 9.93. The van der Waals surface area contributed by atoms with E-state index in [2.05, 4.69) is 36.8 Å². The van der Waals surface area contributed by atoms with Gasteiger partial charge in [-0.15, -0.1) is 0 Å². The molecule has 7 heteroatoms. The Labute approximate surface area is 183 Å². The highest BCUT2D eigenvalue weighted by molar-refractivity contribution is 6.26. The first-order chi connectivity index (χ1) is 14.2. The van der Waals surface area contributed by atoms with Crippen LogP contribution in [-0.2, 0) is 4.29 Å². The fraction of sp³-hybridized carbons (Fsp3) is 0.391. The number of imide groups is 1. The van der Waals surface area contributed by atoms with Gasteiger partial charge in [0.25, 0.3) is 11.8 Å². The van der Waals surface area contributed by atoms with Crippen LogP contribution in [0.1, 0.15) is 34.1 Å². The lowest BCUT2D eigenvalue weighted by Gasteiger charge is -2.32. The van der Waals surface area contributed by atoms with Crippen LogP contribution in [0.25, 0.3) is 10.8 Å². The molecule has 0 atom stereocenters. The quantitative estimate of drug-likeness (QED) is 0.371. The summed E-state index contributed by atoms with van der Waals surface area (Å²) in [6.07, 6.45) is 0.749. The zero-order valence-corrected chi connectivity index (χ0v) is 19.1. The maximum atomic E-state index is 13.0. The SMILES string of the molecule is C=C(C)C[N+](C)(C)CCCN1C(=O)c2cccc3c(OC)ccc(c23)C1=O.COCl. The fourth-order valence-corrected chi connectivity index (χ4v) is 3.97. The Morgan fingerprint density at radius 3 is 2.27 bits per heavy atom. The Morgan fingerprint density at radius 2 is 1.70 bits per heavy atom. The predicted molar refractivity (Wildman–Crippen MR) is 120 cm³/mol. The van der Waals surface area contributed by atoms with Gasteiger partial charge in [-0.1, -0.05) is 18.7 Å². The second-order valence-corrected chi connectivity index (χ2v) is 8.40. The molecule has 0 radical (unpaired) electrons. The van der Waals surface area contributed by atoms with Crippen LogP contribution in [0.2, 0.25) is 0 Å². The second kappa shape index (κ2) is 10.1. The molecule has 1 heterocycles. The van der Waals surface area contributed by atoms with Crippen LogP contribution in [-0.4, -0.2) is 69.1 Å². The van der Waals surface area contributed by atoms with E-state index >= 15 is 0 Å². The average molecular weight is 434 g/mol. The number of hydrogen-bond donors (Lipinski definition) is 0. The van der Waals surface area contributed by atoms with Crippen molar-refractivity contribution in [2.24, 2.45) is 0 Å². The molecule has 1 aliphatic rings. The number of hydrogen-bond acceptors (Lipinski definition) is 4. The number of likely N-dealkylation sites (N-methyl/N-ethyl adjacent to an activating group) is 1. The van der Waals surface area contributed by atoms with Crippen molar-refractivity contribution in [3.8, 4) is 5.75 Å². The summed E-state index contributed by atoms with van der Waals surface area (Å²) in [6.45, 7) is 8.15. The van der Waals surface area contributed by atoms with Crippen molar-refractivity contribution < 1.29 is 23.1 Å². The molecule has 2 aromatic carbocycles. The van der Waals surface area contributed by atoms with Crippen LogP contribution in [0.4, 0.5) is 0 Å². The molecular formula is C23H30ClN2O4+. The molecule has 0 aromatic heterocycles. The minimum Gasteiger partial charge on any atom is -0.496 e. The topological polar surface area (TPSA) is 55.8 Å². The van der Waals surface area contributed by atoms with Gasteiger partial charge in [0.05, 0.1) is 53.3 Å². The molecule has 2 amide bonds. The monoisotopic (exact) mass is 433 g/mol. The summed E-state index contributed by atoms with van der Waals surface area (Å²) in [5.41, 5.74) is 2.26. The zero-order chi connectivity index (χ0) is 22.5. The number of amides is 2. The molecule has 0 bridgehead atoms. The second-order valence-electron chi connectivity index (χ2n) is 8.09. The van der Waals surface area contributed by atoms with Crippen molar-refractivity contribution in [3.63, 3.8) is 0 Å². The highest BCUT2D eigenvalue weighted by Crippen LogP contribution is 2.35. The van der Waals surface area contributed by atoms with Gasteiger partial charge in [0.2, 0.25) is 0 Å². The summed E-state index contributed by atoms with van der Waals surface area (Å²) in [7, 11) is 7.25. The van der Waals surface area contributed by atoms with Gasteiger partial charge in [0.1, 0.15) is 5.75 Å². The third-order valence-corrected chi connectivity index (χ3v) is 5.01. The van der Waals surface area contributed by atoms with Gasteiger partial charge in [-0.05, 0) is 30.7 Å². The van der Waals surface area contributed by atoms with Crippen LogP contribution < -0.4 is 4.74 Å². The Kier molecular flexibility index (Phi) is 8.01. The van der Waals surface area contributed by atoms with E-state index in [0.717, 1.165) is 35.0 Å². The molecule has 2 aromatic rings. The minimum atomic E-state index is -0.225. The number of methoxy groups -OCH3 is 1. The molecular weight excluding hydrogens is 404 g/mol. The number of carbonyl (C=O) groups is 2. The lowest BCUT2D eigenvalue weighted by Crippen LogP contribution is -2.45. The van der Waals surface area contributed by atoms with Crippen molar-refractivity contribution in [2.45, 2.75) is 13.3 Å². The summed E-state index contributed by atoms with van der Waals surface area (Å²) in [4.78, 5) is 27.4. The smallest absolute Gasteiger partial charge is 0.261 e. The standard InChI is InChI=1S/C22H27N2O3.CH3ClO/c1-15(2)14-24(3,4)13-7-12-23-21(25)17-9-6-8-16-19(27-5)11-10-18(20(16)17)22(23)26;1-3-2/h6,8-11H,1,7,12-14H2,2-5H3;1H3/q+1;. The van der Waals surface area contributed by atoms with Crippen LogP contribution in [0.3, 0.4) is 0 Å². The Balaban J connectivity index is 0.00000101. The first-order valence-electron chi connectivity index (χ1n) is 9.74. The number of benzene rings is 2. The maximum absolute atomic E-state index is 13.0. The van der Waals surface area contributed by atoms with Gasteiger partial charge < -0.3 is 9.22 Å². The number of ether oxygens (including phenoxy) is 1. The summed E-state index contributed by atoms with van der Waals surface area (Å²) in [6, 6.07) is 9.06. The lowest BCUT2D eigenvalue weighted by molar-refractivity contribution is -0.885. The molecule has 0 spiro atoms. The molecule has 3 rings (SSSR count). The molecule has 0 saturated heterocycles. The van der Waals surface area contributed by atoms with Crippen molar-refractivity contribution in [3.05, 3.63) is 53.6 Å². The van der Waals surface area contributed by atoms with Gasteiger partial charge in [0.15, 0.2) is 0 Å². The van der Waals surface area contributed by atoms with E-state index in [0.29, 0.717) is 28.8 Å². The Hall–Kier alpha value is -2.41. The summed E-state index contributed by atoms with van der Waals surface area (Å²) >= 11 is 4.50. The van der Waals surface area contributed by atoms with E-state index in [9.17, 15) is 9.59 Å². The van der Waals surface area contributed by atoms with E-state index < -0.39 is 0 Å². The molecule has 162 valence electrons. The highest BCUT2D eigenvalue weighted by Gasteiger charge is 2.33. The van der Waals surface area contributed by atoms with Crippen LogP contribution in [0.5, 0.6) is 5.75 Å². The van der Waals surface area contributed by atoms with Gasteiger partial charge in [0, 0.05) is 34.9 Å². The zero-order valence-electron chi connectivity index (χ0n) is 18.3. The maximum Gasteiger partial charge on any atom is 0.261 e. The first-order valence-corrected chi connectivity index (χ1v) is 10.0. The van der Waals surface area contributed by atoms with Crippen molar-refractivity contribution in [2.75, 3.05) is 47.9 Å². The Morgan fingerprint density at radius 1 is 1.10 bits per heavy atom. The normalized spacial score (nSPS) is 13.2. The van der Waals surface area contributed by atoms with E-state index in [1.54, 1.807) is 25.3 Å². The molecule has 30 heavy (non-hydrogen) atoms. The van der Waals surface area contributed by atoms with Crippen LogP contribution in [0.15, 0.2) is 42.5 Å². The van der Waals surface area contributed by atoms with E-state index in [4.69, 9.17) is 4.74 Å². The van der Waals surface area contributed by atoms with Crippen LogP contribution >= 0.6 is 11.9 Å². The molecule has 0 saturated carbocycles. The molecule has 0 N–H and O–H groups in total. The molecule has 0 unspecified atom stereocenters. The minimum absolute atomic E-state index is 0.225. The molecule has 1 aliphatic heterocycles. The van der Waals surface area contributed by atoms with E-state index in [-0.39, 0.29) is 11.8 Å². The van der Waals surface area contributed by atoms with Crippen molar-refractivity contribution in [1.82, 2.24) is 4.90 Å². The largest absolute Gasteiger partial charge is 0.496 e. The number of quaternary nitrogens is 1. The molecule has 0 fully saturated rings. The summed E-state index contributed by atoms with van der Waals surface area (Å²) in [5, 5.41) is 1.50. The number of nitrogens with zero attached hydrogens (tertiary/aromatic N) is 2.